The summed E-state index contributed by atoms with van der Waals surface area (Å²) >= 11 is 6.14. The number of nitrogens with zero attached hydrogens (tertiary/aromatic N) is 2. The van der Waals surface area contributed by atoms with E-state index in [0.717, 1.165) is 25.0 Å². The summed E-state index contributed by atoms with van der Waals surface area (Å²) in [6.45, 7) is 4.36. The van der Waals surface area contributed by atoms with E-state index in [2.05, 4.69) is 22.6 Å². The number of esters is 1. The molecule has 0 bridgehead atoms. The molecular formula is C16H19ClN2O2. The van der Waals surface area contributed by atoms with Crippen molar-refractivity contribution in [1.29, 1.82) is 0 Å². The zero-order valence-corrected chi connectivity index (χ0v) is 13.1. The Labute approximate surface area is 129 Å². The highest BCUT2D eigenvalue weighted by atomic mass is 35.5. The van der Waals surface area contributed by atoms with Crippen molar-refractivity contribution in [2.75, 3.05) is 20.2 Å². The predicted molar refractivity (Wildman–Crippen MR) is 83.6 cm³/mol. The van der Waals surface area contributed by atoms with Gasteiger partial charge in [0.1, 0.15) is 6.54 Å². The molecule has 3 rings (SSSR count). The third kappa shape index (κ3) is 2.65. The summed E-state index contributed by atoms with van der Waals surface area (Å²) in [4.78, 5) is 14.2. The van der Waals surface area contributed by atoms with Gasteiger partial charge in [0.05, 0.1) is 12.1 Å². The molecule has 2 heterocycles. The van der Waals surface area contributed by atoms with Gasteiger partial charge in [-0.2, -0.15) is 0 Å². The zero-order valence-electron chi connectivity index (χ0n) is 12.4. The lowest BCUT2D eigenvalue weighted by atomic mass is 10.0. The molecule has 0 saturated carbocycles. The average molecular weight is 307 g/mol. The number of carbonyl (C=O) groups is 1. The van der Waals surface area contributed by atoms with Crippen LogP contribution in [0.4, 0.5) is 0 Å². The Morgan fingerprint density at radius 1 is 1.43 bits per heavy atom. The maximum atomic E-state index is 11.9. The van der Waals surface area contributed by atoms with Crippen LogP contribution in [-0.2, 0) is 29.0 Å². The van der Waals surface area contributed by atoms with E-state index in [-0.39, 0.29) is 12.5 Å². The summed E-state index contributed by atoms with van der Waals surface area (Å²) in [6.07, 6.45) is 1.000. The predicted octanol–water partition coefficient (Wildman–Crippen LogP) is 2.85. The Balaban J connectivity index is 2.13. The monoisotopic (exact) mass is 306 g/mol. The van der Waals surface area contributed by atoms with Crippen LogP contribution in [-0.4, -0.2) is 35.6 Å². The summed E-state index contributed by atoms with van der Waals surface area (Å²) in [7, 11) is 2.10. The van der Waals surface area contributed by atoms with E-state index < -0.39 is 0 Å². The summed E-state index contributed by atoms with van der Waals surface area (Å²) in [6, 6.07) is 5.91. The van der Waals surface area contributed by atoms with Crippen LogP contribution in [0, 0.1) is 0 Å². The minimum atomic E-state index is -0.203. The van der Waals surface area contributed by atoms with Gasteiger partial charge in [0.2, 0.25) is 0 Å². The molecule has 2 aromatic rings. The molecule has 1 aromatic heterocycles. The Morgan fingerprint density at radius 2 is 2.24 bits per heavy atom. The number of hydrogen-bond acceptors (Lipinski definition) is 3. The molecule has 5 heteroatoms. The summed E-state index contributed by atoms with van der Waals surface area (Å²) < 4.78 is 7.17. The first-order valence-corrected chi connectivity index (χ1v) is 7.61. The normalized spacial score (nSPS) is 15.2. The van der Waals surface area contributed by atoms with E-state index in [1.807, 2.05) is 19.1 Å². The van der Waals surface area contributed by atoms with Crippen molar-refractivity contribution in [2.45, 2.75) is 26.4 Å². The van der Waals surface area contributed by atoms with Gasteiger partial charge < -0.3 is 14.2 Å². The van der Waals surface area contributed by atoms with Gasteiger partial charge in [0.15, 0.2) is 0 Å². The van der Waals surface area contributed by atoms with Gasteiger partial charge in [0.25, 0.3) is 0 Å². The summed E-state index contributed by atoms with van der Waals surface area (Å²) in [5.41, 5.74) is 3.56. The second-order valence-electron chi connectivity index (χ2n) is 5.47. The van der Waals surface area contributed by atoms with Gasteiger partial charge in [-0.3, -0.25) is 4.79 Å². The fraction of sp³-hybridized carbons (Fsp3) is 0.438. The minimum Gasteiger partial charge on any atom is -0.465 e. The first-order chi connectivity index (χ1) is 10.1. The number of benzene rings is 1. The van der Waals surface area contributed by atoms with Crippen molar-refractivity contribution < 1.29 is 9.53 Å². The van der Waals surface area contributed by atoms with E-state index in [1.165, 1.54) is 16.6 Å². The lowest BCUT2D eigenvalue weighted by Gasteiger charge is -2.24. The highest BCUT2D eigenvalue weighted by Gasteiger charge is 2.23. The molecule has 0 unspecified atom stereocenters. The lowest BCUT2D eigenvalue weighted by molar-refractivity contribution is -0.143. The summed E-state index contributed by atoms with van der Waals surface area (Å²) in [5.74, 6) is -0.203. The molecule has 0 spiro atoms. The molecule has 0 aliphatic carbocycles. The fourth-order valence-corrected chi connectivity index (χ4v) is 3.23. The molecule has 0 N–H and O–H groups in total. The molecule has 1 aromatic carbocycles. The van der Waals surface area contributed by atoms with E-state index in [9.17, 15) is 4.79 Å². The summed E-state index contributed by atoms with van der Waals surface area (Å²) in [5, 5.41) is 1.89. The van der Waals surface area contributed by atoms with Gasteiger partial charge in [-0.15, -0.1) is 0 Å². The quantitative estimate of drug-likeness (QED) is 0.818. The van der Waals surface area contributed by atoms with Crippen LogP contribution >= 0.6 is 11.6 Å². The number of fused-ring (bicyclic) bond motifs is 3. The van der Waals surface area contributed by atoms with E-state index in [0.29, 0.717) is 11.6 Å². The number of hydrogen-bond donors (Lipinski definition) is 0. The van der Waals surface area contributed by atoms with Gasteiger partial charge in [-0.05, 0) is 38.1 Å². The molecular weight excluding hydrogens is 288 g/mol. The minimum absolute atomic E-state index is 0.203. The smallest absolute Gasteiger partial charge is 0.325 e. The SMILES string of the molecule is CCOC(=O)Cn1c2c(c3ccc(Cl)cc31)CCN(C)C2. The van der Waals surface area contributed by atoms with Crippen LogP contribution in [0.15, 0.2) is 18.2 Å². The third-order valence-electron chi connectivity index (χ3n) is 4.01. The first kappa shape index (κ1) is 14.4. The maximum absolute atomic E-state index is 11.9. The van der Waals surface area contributed by atoms with Crippen molar-refractivity contribution in [3.63, 3.8) is 0 Å². The van der Waals surface area contributed by atoms with Crippen LogP contribution < -0.4 is 0 Å². The molecule has 0 saturated heterocycles. The number of halogens is 1. The largest absolute Gasteiger partial charge is 0.465 e. The van der Waals surface area contributed by atoms with Crippen LogP contribution in [0.5, 0.6) is 0 Å². The van der Waals surface area contributed by atoms with E-state index in [4.69, 9.17) is 16.3 Å². The van der Waals surface area contributed by atoms with Crippen molar-refractivity contribution in [2.24, 2.45) is 0 Å². The molecule has 1 aliphatic rings. The van der Waals surface area contributed by atoms with Crippen LogP contribution in [0.2, 0.25) is 5.02 Å². The molecule has 0 radical (unpaired) electrons. The maximum Gasteiger partial charge on any atom is 0.325 e. The lowest BCUT2D eigenvalue weighted by Crippen LogP contribution is -2.28. The zero-order chi connectivity index (χ0) is 15.0. The third-order valence-corrected chi connectivity index (χ3v) is 4.24. The van der Waals surface area contributed by atoms with Gasteiger partial charge in [-0.25, -0.2) is 0 Å². The van der Waals surface area contributed by atoms with Gasteiger partial charge in [-0.1, -0.05) is 17.7 Å². The van der Waals surface area contributed by atoms with Crippen molar-refractivity contribution in [3.8, 4) is 0 Å². The number of likely N-dealkylation sites (N-methyl/N-ethyl adjacent to an activating group) is 1. The molecule has 21 heavy (non-hydrogen) atoms. The molecule has 1 aliphatic heterocycles. The molecule has 0 fully saturated rings. The van der Waals surface area contributed by atoms with Crippen LogP contribution in [0.3, 0.4) is 0 Å². The first-order valence-electron chi connectivity index (χ1n) is 7.23. The van der Waals surface area contributed by atoms with Crippen molar-refractivity contribution >= 4 is 28.5 Å². The number of carbonyl (C=O) groups excluding carboxylic acids is 1. The average Bonchev–Trinajstić information content (AvgIpc) is 2.72. The Bertz CT molecular complexity index is 693. The number of ether oxygens (including phenoxy) is 1. The highest BCUT2D eigenvalue weighted by molar-refractivity contribution is 6.31. The van der Waals surface area contributed by atoms with Gasteiger partial charge in [0, 0.05) is 29.2 Å². The fourth-order valence-electron chi connectivity index (χ4n) is 3.06. The Hall–Kier alpha value is -1.52. The van der Waals surface area contributed by atoms with Crippen LogP contribution in [0.25, 0.3) is 10.9 Å². The van der Waals surface area contributed by atoms with Crippen molar-refractivity contribution in [1.82, 2.24) is 9.47 Å². The Kier molecular flexibility index (Phi) is 3.91. The standard InChI is InChI=1S/C16H19ClN2O2/c1-3-21-16(20)10-19-14-8-11(17)4-5-12(14)13-6-7-18(2)9-15(13)19/h4-5,8H,3,6-7,9-10H2,1-2H3. The molecule has 0 atom stereocenters. The highest BCUT2D eigenvalue weighted by Crippen LogP contribution is 2.32. The van der Waals surface area contributed by atoms with E-state index in [1.54, 1.807) is 0 Å². The second-order valence-corrected chi connectivity index (χ2v) is 5.90. The molecule has 4 nitrogen and oxygen atoms in total. The molecule has 0 amide bonds. The molecule has 112 valence electrons. The van der Waals surface area contributed by atoms with Crippen LogP contribution in [0.1, 0.15) is 18.2 Å². The number of aromatic nitrogens is 1. The van der Waals surface area contributed by atoms with Crippen molar-refractivity contribution in [3.05, 3.63) is 34.5 Å². The Morgan fingerprint density at radius 3 is 3.00 bits per heavy atom. The topological polar surface area (TPSA) is 34.5 Å². The van der Waals surface area contributed by atoms with Gasteiger partial charge >= 0.3 is 5.97 Å². The second kappa shape index (κ2) is 5.70. The number of rotatable bonds is 3. The van der Waals surface area contributed by atoms with E-state index >= 15 is 0 Å².